The first-order valence-electron chi connectivity index (χ1n) is 9.53. The van der Waals surface area contributed by atoms with Crippen molar-refractivity contribution in [3.8, 4) is 11.5 Å². The lowest BCUT2D eigenvalue weighted by Gasteiger charge is -2.14. The predicted molar refractivity (Wildman–Crippen MR) is 120 cm³/mol. The molecule has 3 aromatic rings. The average molecular weight is 411 g/mol. The second kappa shape index (κ2) is 9.09. The van der Waals surface area contributed by atoms with Crippen LogP contribution in [0, 0.1) is 13.8 Å². The van der Waals surface area contributed by atoms with E-state index >= 15 is 0 Å². The van der Waals surface area contributed by atoms with Crippen LogP contribution < -0.4 is 9.47 Å². The van der Waals surface area contributed by atoms with Crippen LogP contribution in [0.25, 0.3) is 22.4 Å². The number of nitrogens with zero attached hydrogens (tertiary/aromatic N) is 2. The number of benzene rings is 2. The smallest absolute Gasteiger partial charge is 0.259 e. The van der Waals surface area contributed by atoms with Crippen LogP contribution in [0.1, 0.15) is 28.6 Å². The first kappa shape index (κ1) is 20.9. The Hall–Kier alpha value is -2.86. The molecule has 0 unspecified atom stereocenters. The minimum absolute atomic E-state index is 0.0210. The van der Waals surface area contributed by atoms with Gasteiger partial charge in [-0.1, -0.05) is 12.1 Å². The third kappa shape index (κ3) is 5.15. The maximum atomic E-state index is 11.8. The lowest BCUT2D eigenvalue weighted by atomic mass is 10.1. The number of rotatable bonds is 7. The molecule has 1 heterocycles. The Morgan fingerprint density at radius 2 is 1.83 bits per heavy atom. The molecule has 152 valence electrons. The van der Waals surface area contributed by atoms with Crippen LogP contribution >= 0.6 is 11.3 Å². The van der Waals surface area contributed by atoms with Crippen LogP contribution in [0.5, 0.6) is 11.5 Å². The van der Waals surface area contributed by atoms with E-state index in [4.69, 9.17) is 14.5 Å². The second-order valence-electron chi connectivity index (χ2n) is 7.01. The Bertz CT molecular complexity index is 1010. The highest BCUT2D eigenvalue weighted by Crippen LogP contribution is 2.30. The molecule has 0 fully saturated rings. The molecule has 5 nitrogen and oxygen atoms in total. The van der Waals surface area contributed by atoms with E-state index in [1.807, 2.05) is 37.3 Å². The van der Waals surface area contributed by atoms with Crippen molar-refractivity contribution in [2.24, 2.45) is 0 Å². The predicted octanol–water partition coefficient (Wildman–Crippen LogP) is 4.95. The van der Waals surface area contributed by atoms with Crippen molar-refractivity contribution < 1.29 is 14.3 Å². The van der Waals surface area contributed by atoms with E-state index in [0.29, 0.717) is 18.1 Å². The third-order valence-corrected chi connectivity index (χ3v) is 5.54. The molecule has 0 aliphatic rings. The Labute approximate surface area is 175 Å². The summed E-state index contributed by atoms with van der Waals surface area (Å²) in [6, 6.07) is 10.0. The number of carbonyl (C=O) groups excluding carboxylic acids is 1. The van der Waals surface area contributed by atoms with Gasteiger partial charge in [-0.25, -0.2) is 4.98 Å². The van der Waals surface area contributed by atoms with Crippen LogP contribution in [0.4, 0.5) is 0 Å². The van der Waals surface area contributed by atoms with Gasteiger partial charge in [-0.05, 0) is 67.8 Å². The van der Waals surface area contributed by atoms with Crippen molar-refractivity contribution in [1.29, 1.82) is 0 Å². The molecule has 2 aromatic carbocycles. The summed E-state index contributed by atoms with van der Waals surface area (Å²) in [5.74, 6) is 1.08. The monoisotopic (exact) mass is 410 g/mol. The highest BCUT2D eigenvalue weighted by Gasteiger charge is 2.10. The van der Waals surface area contributed by atoms with Crippen LogP contribution in [0.3, 0.4) is 0 Å². The zero-order valence-corrected chi connectivity index (χ0v) is 18.3. The topological polar surface area (TPSA) is 51.7 Å². The highest BCUT2D eigenvalue weighted by molar-refractivity contribution is 7.19. The fourth-order valence-electron chi connectivity index (χ4n) is 2.72. The van der Waals surface area contributed by atoms with Crippen LogP contribution in [-0.4, -0.2) is 43.1 Å². The van der Waals surface area contributed by atoms with Crippen LogP contribution in [0.15, 0.2) is 30.3 Å². The van der Waals surface area contributed by atoms with Crippen molar-refractivity contribution in [1.82, 2.24) is 9.88 Å². The first-order valence-corrected chi connectivity index (χ1v) is 10.3. The summed E-state index contributed by atoms with van der Waals surface area (Å²) in [4.78, 5) is 18.0. The number of hydrogen-bond acceptors (Lipinski definition) is 5. The zero-order chi connectivity index (χ0) is 21.0. The molecule has 0 saturated heterocycles. The Morgan fingerprint density at radius 3 is 2.55 bits per heavy atom. The van der Waals surface area contributed by atoms with E-state index in [1.165, 1.54) is 20.7 Å². The van der Waals surface area contributed by atoms with E-state index < -0.39 is 0 Å². The molecule has 0 atom stereocenters. The number of ether oxygens (including phenoxy) is 2. The van der Waals surface area contributed by atoms with Crippen molar-refractivity contribution in [3.05, 3.63) is 52.0 Å². The fraction of sp³-hybridized carbons (Fsp3) is 0.304. The van der Waals surface area contributed by atoms with Gasteiger partial charge in [0.25, 0.3) is 5.91 Å². The fourth-order valence-corrected chi connectivity index (χ4v) is 3.67. The lowest BCUT2D eigenvalue weighted by Crippen LogP contribution is -2.27. The standard InChI is InChI=1S/C23H26N2O3S/c1-6-27-20-13-17(7-9-19(20)28-14-23(26)25(4)5)8-10-22-24-18-11-15(2)16(3)12-21(18)29-22/h7-13H,6,14H2,1-5H3. The van der Waals surface area contributed by atoms with Gasteiger partial charge in [0.15, 0.2) is 18.1 Å². The van der Waals surface area contributed by atoms with Gasteiger partial charge in [0, 0.05) is 14.1 Å². The summed E-state index contributed by atoms with van der Waals surface area (Å²) in [6.45, 7) is 6.64. The summed E-state index contributed by atoms with van der Waals surface area (Å²) >= 11 is 1.68. The normalized spacial score (nSPS) is 11.2. The Kier molecular flexibility index (Phi) is 6.54. The quantitative estimate of drug-likeness (QED) is 0.553. The van der Waals surface area contributed by atoms with Gasteiger partial charge in [-0.2, -0.15) is 0 Å². The number of aromatic nitrogens is 1. The van der Waals surface area contributed by atoms with Gasteiger partial charge in [-0.15, -0.1) is 11.3 Å². The highest BCUT2D eigenvalue weighted by atomic mass is 32.1. The molecule has 0 aliphatic carbocycles. The minimum atomic E-state index is -0.0993. The number of hydrogen-bond donors (Lipinski definition) is 0. The number of carbonyl (C=O) groups is 1. The van der Waals surface area contributed by atoms with Crippen molar-refractivity contribution in [2.75, 3.05) is 27.3 Å². The lowest BCUT2D eigenvalue weighted by molar-refractivity contribution is -0.130. The Morgan fingerprint density at radius 1 is 1.07 bits per heavy atom. The number of likely N-dealkylation sites (N-methyl/N-ethyl adjacent to an activating group) is 1. The summed E-state index contributed by atoms with van der Waals surface area (Å²) in [6.07, 6.45) is 4.02. The SMILES string of the molecule is CCOc1cc(C=Cc2nc3cc(C)c(C)cc3s2)ccc1OCC(=O)N(C)C. The zero-order valence-electron chi connectivity index (χ0n) is 17.5. The Balaban J connectivity index is 1.79. The molecule has 29 heavy (non-hydrogen) atoms. The molecular weight excluding hydrogens is 384 g/mol. The van der Waals surface area contributed by atoms with Crippen molar-refractivity contribution in [2.45, 2.75) is 20.8 Å². The van der Waals surface area contributed by atoms with Gasteiger partial charge < -0.3 is 14.4 Å². The summed E-state index contributed by atoms with van der Waals surface area (Å²) in [5, 5.41) is 0.958. The van der Waals surface area contributed by atoms with Gasteiger partial charge in [0.1, 0.15) is 5.01 Å². The molecule has 0 aliphatic heterocycles. The van der Waals surface area contributed by atoms with Crippen molar-refractivity contribution >= 4 is 39.6 Å². The number of thiazole rings is 1. The molecule has 1 amide bonds. The average Bonchev–Trinajstić information content (AvgIpc) is 3.07. The van der Waals surface area contributed by atoms with Crippen molar-refractivity contribution in [3.63, 3.8) is 0 Å². The van der Waals surface area contributed by atoms with Crippen LogP contribution in [0.2, 0.25) is 0 Å². The molecule has 0 spiro atoms. The van der Waals surface area contributed by atoms with E-state index in [9.17, 15) is 4.79 Å². The molecule has 0 bridgehead atoms. The molecule has 0 radical (unpaired) electrons. The first-order chi connectivity index (χ1) is 13.9. The van der Waals surface area contributed by atoms with Gasteiger partial charge >= 0.3 is 0 Å². The van der Waals surface area contributed by atoms with Gasteiger partial charge in [-0.3, -0.25) is 4.79 Å². The van der Waals surface area contributed by atoms with Crippen LogP contribution in [-0.2, 0) is 4.79 Å². The molecule has 3 rings (SSSR count). The molecule has 1 aromatic heterocycles. The van der Waals surface area contributed by atoms with E-state index in [0.717, 1.165) is 16.1 Å². The van der Waals surface area contributed by atoms with E-state index in [-0.39, 0.29) is 12.5 Å². The van der Waals surface area contributed by atoms with E-state index in [2.05, 4.69) is 26.0 Å². The summed E-state index contributed by atoms with van der Waals surface area (Å²) < 4.78 is 12.5. The number of fused-ring (bicyclic) bond motifs is 1. The molecular formula is C23H26N2O3S. The maximum absolute atomic E-state index is 11.8. The summed E-state index contributed by atoms with van der Waals surface area (Å²) in [7, 11) is 3.40. The van der Waals surface area contributed by atoms with Gasteiger partial charge in [0.2, 0.25) is 0 Å². The maximum Gasteiger partial charge on any atom is 0.259 e. The van der Waals surface area contributed by atoms with E-state index in [1.54, 1.807) is 25.4 Å². The number of amides is 1. The third-order valence-electron chi connectivity index (χ3n) is 4.56. The molecule has 6 heteroatoms. The minimum Gasteiger partial charge on any atom is -0.490 e. The molecule has 0 N–H and O–H groups in total. The van der Waals surface area contributed by atoms with Gasteiger partial charge in [0.05, 0.1) is 16.8 Å². The summed E-state index contributed by atoms with van der Waals surface area (Å²) in [5.41, 5.74) is 4.54. The number of aryl methyl sites for hydroxylation is 2. The molecule has 0 saturated carbocycles. The largest absolute Gasteiger partial charge is 0.490 e. The second-order valence-corrected chi connectivity index (χ2v) is 8.07.